The van der Waals surface area contributed by atoms with E-state index in [1.165, 1.54) is 0 Å². The lowest BCUT2D eigenvalue weighted by Gasteiger charge is -2.22. The predicted molar refractivity (Wildman–Crippen MR) is 69.2 cm³/mol. The first-order chi connectivity index (χ1) is 8.41. The summed E-state index contributed by atoms with van der Waals surface area (Å²) in [5.41, 5.74) is 0. The molecule has 0 radical (unpaired) electrons. The molecule has 1 aliphatic rings. The summed E-state index contributed by atoms with van der Waals surface area (Å²) in [7, 11) is 0. The zero-order valence-corrected chi connectivity index (χ0v) is 11.5. The van der Waals surface area contributed by atoms with E-state index in [1.807, 2.05) is 6.92 Å². The van der Waals surface area contributed by atoms with Gasteiger partial charge >= 0.3 is 5.97 Å². The van der Waals surface area contributed by atoms with Crippen molar-refractivity contribution in [3.05, 3.63) is 0 Å². The second kappa shape index (κ2) is 6.73. The monoisotopic (exact) mass is 256 g/mol. The molecule has 0 aromatic carbocycles. The van der Waals surface area contributed by atoms with Crippen LogP contribution in [0.25, 0.3) is 0 Å². The summed E-state index contributed by atoms with van der Waals surface area (Å²) >= 11 is 0. The van der Waals surface area contributed by atoms with Crippen molar-refractivity contribution in [2.75, 3.05) is 19.6 Å². The molecule has 1 saturated heterocycles. The van der Waals surface area contributed by atoms with Crippen molar-refractivity contribution in [3.63, 3.8) is 0 Å². The van der Waals surface area contributed by atoms with Crippen LogP contribution in [0.2, 0.25) is 0 Å². The lowest BCUT2D eigenvalue weighted by Crippen LogP contribution is -2.44. The zero-order valence-electron chi connectivity index (χ0n) is 11.5. The van der Waals surface area contributed by atoms with Crippen molar-refractivity contribution in [1.29, 1.82) is 0 Å². The first-order valence-corrected chi connectivity index (χ1v) is 6.65. The molecule has 0 aliphatic carbocycles. The lowest BCUT2D eigenvalue weighted by molar-refractivity contribution is -0.143. The number of carboxylic acids is 1. The number of aliphatic carboxylic acids is 1. The highest BCUT2D eigenvalue weighted by Crippen LogP contribution is 2.23. The maximum Gasteiger partial charge on any atom is 0.321 e. The first-order valence-electron chi connectivity index (χ1n) is 6.65. The van der Waals surface area contributed by atoms with Gasteiger partial charge < -0.3 is 10.4 Å². The second-order valence-electron chi connectivity index (χ2n) is 5.55. The molecule has 5 nitrogen and oxygen atoms in total. The number of hydrogen-bond acceptors (Lipinski definition) is 3. The van der Waals surface area contributed by atoms with Crippen LogP contribution in [0, 0.1) is 11.8 Å². The standard InChI is InChI=1S/C13H24N2O3/c1-9(2)4-6-14-11(16)8-15-7-5-10(3)12(15)13(17)18/h9-10,12H,4-8H2,1-3H3,(H,14,16)(H,17,18). The van der Waals surface area contributed by atoms with E-state index < -0.39 is 12.0 Å². The largest absolute Gasteiger partial charge is 0.480 e. The molecule has 1 amide bonds. The number of carbonyl (C=O) groups excluding carboxylic acids is 1. The number of rotatable bonds is 6. The fraction of sp³-hybridized carbons (Fsp3) is 0.846. The fourth-order valence-electron chi connectivity index (χ4n) is 2.34. The molecular weight excluding hydrogens is 232 g/mol. The fourth-order valence-corrected chi connectivity index (χ4v) is 2.34. The molecule has 0 bridgehead atoms. The number of carbonyl (C=O) groups is 2. The summed E-state index contributed by atoms with van der Waals surface area (Å²) in [6.07, 6.45) is 1.79. The third-order valence-electron chi connectivity index (χ3n) is 3.45. The van der Waals surface area contributed by atoms with Gasteiger partial charge in [0.2, 0.25) is 5.91 Å². The summed E-state index contributed by atoms with van der Waals surface area (Å²) in [6.45, 7) is 7.69. The minimum Gasteiger partial charge on any atom is -0.480 e. The van der Waals surface area contributed by atoms with E-state index in [9.17, 15) is 9.59 Å². The Bertz CT molecular complexity index is 305. The van der Waals surface area contributed by atoms with Crippen molar-refractivity contribution in [1.82, 2.24) is 10.2 Å². The molecule has 1 rings (SSSR count). The quantitative estimate of drug-likeness (QED) is 0.742. The number of hydrogen-bond donors (Lipinski definition) is 2. The molecule has 1 heterocycles. The van der Waals surface area contributed by atoms with Crippen LogP contribution in [0.15, 0.2) is 0 Å². The highest BCUT2D eigenvalue weighted by atomic mass is 16.4. The Labute approximate surface area is 109 Å². The SMILES string of the molecule is CC(C)CCNC(=O)CN1CCC(C)C1C(=O)O. The molecule has 0 aromatic rings. The molecule has 5 heteroatoms. The van der Waals surface area contributed by atoms with Crippen LogP contribution in [-0.4, -0.2) is 47.6 Å². The number of nitrogens with one attached hydrogen (secondary N) is 1. The Morgan fingerprint density at radius 1 is 1.44 bits per heavy atom. The summed E-state index contributed by atoms with van der Waals surface area (Å²) in [5, 5.41) is 12.0. The predicted octanol–water partition coefficient (Wildman–Crippen LogP) is 0.944. The van der Waals surface area contributed by atoms with Crippen LogP contribution in [0.5, 0.6) is 0 Å². The number of amides is 1. The molecule has 18 heavy (non-hydrogen) atoms. The summed E-state index contributed by atoms with van der Waals surface area (Å²) in [4.78, 5) is 24.6. The average molecular weight is 256 g/mol. The van der Waals surface area contributed by atoms with Crippen molar-refractivity contribution >= 4 is 11.9 Å². The molecule has 2 unspecified atom stereocenters. The average Bonchev–Trinajstić information content (AvgIpc) is 2.58. The van der Waals surface area contributed by atoms with Gasteiger partial charge in [0, 0.05) is 6.54 Å². The summed E-state index contributed by atoms with van der Waals surface area (Å²) < 4.78 is 0. The van der Waals surface area contributed by atoms with Gasteiger partial charge in [-0.1, -0.05) is 20.8 Å². The van der Waals surface area contributed by atoms with E-state index >= 15 is 0 Å². The Balaban J connectivity index is 2.37. The minimum absolute atomic E-state index is 0.0731. The zero-order chi connectivity index (χ0) is 13.7. The minimum atomic E-state index is -0.824. The van der Waals surface area contributed by atoms with Gasteiger partial charge in [-0.2, -0.15) is 0 Å². The van der Waals surface area contributed by atoms with E-state index in [1.54, 1.807) is 4.90 Å². The third kappa shape index (κ3) is 4.29. The molecular formula is C13H24N2O3. The Morgan fingerprint density at radius 2 is 2.11 bits per heavy atom. The van der Waals surface area contributed by atoms with Crippen LogP contribution in [-0.2, 0) is 9.59 Å². The normalized spacial score (nSPS) is 24.4. The van der Waals surface area contributed by atoms with Gasteiger partial charge in [-0.05, 0) is 31.2 Å². The summed E-state index contributed by atoms with van der Waals surface area (Å²) in [6, 6.07) is -0.513. The topological polar surface area (TPSA) is 69.6 Å². The smallest absolute Gasteiger partial charge is 0.321 e. The van der Waals surface area contributed by atoms with Gasteiger partial charge in [0.25, 0.3) is 0 Å². The van der Waals surface area contributed by atoms with E-state index in [0.717, 1.165) is 12.8 Å². The lowest BCUT2D eigenvalue weighted by atomic mass is 10.0. The molecule has 0 aromatic heterocycles. The van der Waals surface area contributed by atoms with E-state index in [-0.39, 0.29) is 18.4 Å². The number of carboxylic acid groups (broad SMARTS) is 1. The first kappa shape index (κ1) is 15.0. The van der Waals surface area contributed by atoms with Gasteiger partial charge in [-0.25, -0.2) is 0 Å². The molecule has 1 aliphatic heterocycles. The number of nitrogens with zero attached hydrogens (tertiary/aromatic N) is 1. The van der Waals surface area contributed by atoms with Crippen LogP contribution in [0.3, 0.4) is 0 Å². The molecule has 2 N–H and O–H groups in total. The Hall–Kier alpha value is -1.10. The van der Waals surface area contributed by atoms with Gasteiger partial charge in [-0.3, -0.25) is 14.5 Å². The van der Waals surface area contributed by atoms with Gasteiger partial charge in [0.1, 0.15) is 6.04 Å². The molecule has 2 atom stereocenters. The molecule has 0 spiro atoms. The van der Waals surface area contributed by atoms with Gasteiger partial charge in [-0.15, -0.1) is 0 Å². The van der Waals surface area contributed by atoms with Crippen molar-refractivity contribution < 1.29 is 14.7 Å². The maximum absolute atomic E-state index is 11.7. The highest BCUT2D eigenvalue weighted by molar-refractivity contribution is 5.80. The van der Waals surface area contributed by atoms with E-state index in [0.29, 0.717) is 19.0 Å². The molecule has 1 fully saturated rings. The summed E-state index contributed by atoms with van der Waals surface area (Å²) in [5.74, 6) is -0.221. The van der Waals surface area contributed by atoms with Crippen LogP contribution < -0.4 is 5.32 Å². The van der Waals surface area contributed by atoms with Crippen LogP contribution in [0.1, 0.15) is 33.6 Å². The molecule has 0 saturated carbocycles. The Morgan fingerprint density at radius 3 is 2.67 bits per heavy atom. The van der Waals surface area contributed by atoms with Gasteiger partial charge in [0.05, 0.1) is 6.54 Å². The van der Waals surface area contributed by atoms with Gasteiger partial charge in [0.15, 0.2) is 0 Å². The Kier molecular flexibility index (Phi) is 5.59. The highest BCUT2D eigenvalue weighted by Gasteiger charge is 2.37. The van der Waals surface area contributed by atoms with Crippen LogP contribution in [0.4, 0.5) is 0 Å². The second-order valence-corrected chi connectivity index (χ2v) is 5.55. The van der Waals surface area contributed by atoms with E-state index in [2.05, 4.69) is 19.2 Å². The maximum atomic E-state index is 11.7. The number of likely N-dealkylation sites (tertiary alicyclic amines) is 1. The van der Waals surface area contributed by atoms with E-state index in [4.69, 9.17) is 5.11 Å². The van der Waals surface area contributed by atoms with Crippen LogP contribution >= 0.6 is 0 Å². The van der Waals surface area contributed by atoms with Crippen molar-refractivity contribution in [3.8, 4) is 0 Å². The molecule has 104 valence electrons. The van der Waals surface area contributed by atoms with Crippen molar-refractivity contribution in [2.45, 2.75) is 39.7 Å². The van der Waals surface area contributed by atoms with Crippen molar-refractivity contribution in [2.24, 2.45) is 11.8 Å². The third-order valence-corrected chi connectivity index (χ3v) is 3.45.